The van der Waals surface area contributed by atoms with Crippen LogP contribution in [0.5, 0.6) is 0 Å². The third-order valence-corrected chi connectivity index (χ3v) is 9.81. The molecule has 2 aromatic carbocycles. The number of halogens is 4. The number of carbonyl (C=O) groups excluding carboxylic acids is 3. The van der Waals surface area contributed by atoms with Crippen molar-refractivity contribution in [2.24, 2.45) is 5.92 Å². The molecular weight excluding hydrogens is 613 g/mol. The molecule has 0 radical (unpaired) electrons. The molecule has 0 saturated carbocycles. The van der Waals surface area contributed by atoms with Gasteiger partial charge in [0.05, 0.1) is 22.2 Å². The van der Waals surface area contributed by atoms with Crippen LogP contribution >= 0.6 is 34.7 Å². The number of pyridine rings is 1. The Morgan fingerprint density at radius 3 is 2.48 bits per heavy atom. The van der Waals surface area contributed by atoms with Gasteiger partial charge in [-0.1, -0.05) is 46.8 Å². The Morgan fingerprint density at radius 2 is 1.79 bits per heavy atom. The quantitative estimate of drug-likeness (QED) is 0.296. The van der Waals surface area contributed by atoms with E-state index in [0.29, 0.717) is 26.2 Å². The van der Waals surface area contributed by atoms with Gasteiger partial charge in [0.15, 0.2) is 0 Å². The number of aromatic nitrogens is 2. The number of fused-ring (bicyclic) bond motifs is 2. The highest BCUT2D eigenvalue weighted by molar-refractivity contribution is 8.00. The number of benzene rings is 2. The van der Waals surface area contributed by atoms with Crippen LogP contribution in [0.1, 0.15) is 21.9 Å². The van der Waals surface area contributed by atoms with Crippen molar-refractivity contribution in [3.63, 3.8) is 0 Å². The summed E-state index contributed by atoms with van der Waals surface area (Å²) < 4.78 is 41.6. The molecule has 8 nitrogen and oxygen atoms in total. The second-order valence-electron chi connectivity index (χ2n) is 9.57. The lowest BCUT2D eigenvalue weighted by Crippen LogP contribution is -2.33. The molecule has 2 aliphatic heterocycles. The molecule has 3 atom stereocenters. The third-order valence-electron chi connectivity index (χ3n) is 6.95. The van der Waals surface area contributed by atoms with E-state index in [1.807, 2.05) is 0 Å². The molecule has 14 heteroatoms. The lowest BCUT2D eigenvalue weighted by atomic mass is 9.84. The Hall–Kier alpha value is -3.94. The van der Waals surface area contributed by atoms with Crippen LogP contribution in [0.2, 0.25) is 5.02 Å². The minimum atomic E-state index is -4.67. The van der Waals surface area contributed by atoms with E-state index in [1.165, 1.54) is 23.0 Å². The number of amides is 3. The van der Waals surface area contributed by atoms with Gasteiger partial charge in [0, 0.05) is 33.9 Å². The number of alkyl halides is 3. The second kappa shape index (κ2) is 10.7. The van der Waals surface area contributed by atoms with Crippen LogP contribution in [0.3, 0.4) is 0 Å². The maximum atomic E-state index is 13.8. The Kier molecular flexibility index (Phi) is 7.19. The zero-order valence-electron chi connectivity index (χ0n) is 21.2. The van der Waals surface area contributed by atoms with E-state index in [4.69, 9.17) is 11.6 Å². The molecule has 2 unspecified atom stereocenters. The topological polar surface area (TPSA) is 101 Å². The molecule has 4 heterocycles. The monoisotopic (exact) mass is 630 g/mol. The summed E-state index contributed by atoms with van der Waals surface area (Å²) in [6, 6.07) is 13.8. The van der Waals surface area contributed by atoms with Gasteiger partial charge in [-0.2, -0.15) is 13.2 Å². The minimum Gasteiger partial charge on any atom is -0.325 e. The van der Waals surface area contributed by atoms with E-state index >= 15 is 0 Å². The molecule has 2 aromatic heterocycles. The molecule has 2 aliphatic rings. The summed E-state index contributed by atoms with van der Waals surface area (Å²) in [5.74, 6) is -3.68. The first-order valence-corrected chi connectivity index (χ1v) is 14.5. The summed E-state index contributed by atoms with van der Waals surface area (Å²) in [5, 5.41) is 2.48. The van der Waals surface area contributed by atoms with Crippen LogP contribution in [0.4, 0.5) is 24.5 Å². The fourth-order valence-corrected chi connectivity index (χ4v) is 8.03. The van der Waals surface area contributed by atoms with E-state index < -0.39 is 51.4 Å². The van der Waals surface area contributed by atoms with E-state index in [2.05, 4.69) is 10.3 Å². The number of hydrogen-bond donors (Lipinski definition) is 1. The maximum absolute atomic E-state index is 13.8. The number of carbonyl (C=O) groups is 3. The van der Waals surface area contributed by atoms with Crippen LogP contribution in [-0.2, 0) is 27.1 Å². The first-order valence-electron chi connectivity index (χ1n) is 12.4. The van der Waals surface area contributed by atoms with Crippen molar-refractivity contribution < 1.29 is 27.6 Å². The van der Waals surface area contributed by atoms with Crippen molar-refractivity contribution in [2.45, 2.75) is 28.9 Å². The number of anilines is 2. The van der Waals surface area contributed by atoms with Gasteiger partial charge in [0.25, 0.3) is 0 Å². The van der Waals surface area contributed by atoms with Crippen molar-refractivity contribution >= 4 is 63.8 Å². The lowest BCUT2D eigenvalue weighted by molar-refractivity contribution is -0.137. The number of nitrogens with zero attached hydrogens (tertiary/aromatic N) is 3. The molecule has 4 aromatic rings. The standard InChI is InChI=1S/C28H18ClF3N4O4S2/c29-16-6-8-17(9-7-16)34-19(37)13-35-26-23(42-27(35)40)20(14-3-2-10-33-12-14)21-22(41-26)25(39)36(24(21)38)18-5-1-4-15(11-18)28(30,31)32/h1-12,20-22H,13H2,(H,34,37)/t20-,21?,22?/m0/s1. The van der Waals surface area contributed by atoms with Crippen molar-refractivity contribution in [1.29, 1.82) is 0 Å². The molecule has 0 bridgehead atoms. The Morgan fingerprint density at radius 1 is 1.02 bits per heavy atom. The molecule has 214 valence electrons. The number of imide groups is 1. The molecule has 0 aliphatic carbocycles. The largest absolute Gasteiger partial charge is 0.416 e. The molecule has 1 N–H and O–H groups in total. The lowest BCUT2D eigenvalue weighted by Gasteiger charge is -2.30. The predicted octanol–water partition coefficient (Wildman–Crippen LogP) is 5.41. The smallest absolute Gasteiger partial charge is 0.325 e. The van der Waals surface area contributed by atoms with Gasteiger partial charge >= 0.3 is 11.0 Å². The highest BCUT2D eigenvalue weighted by Gasteiger charge is 2.57. The summed E-state index contributed by atoms with van der Waals surface area (Å²) in [7, 11) is 0. The average Bonchev–Trinajstić information content (AvgIpc) is 3.40. The predicted molar refractivity (Wildman–Crippen MR) is 152 cm³/mol. The summed E-state index contributed by atoms with van der Waals surface area (Å²) in [6.45, 7) is -0.364. The van der Waals surface area contributed by atoms with Crippen LogP contribution in [0.25, 0.3) is 0 Å². The fraction of sp³-hybridized carbons (Fsp3) is 0.179. The first-order chi connectivity index (χ1) is 20.0. The molecule has 1 fully saturated rings. The summed E-state index contributed by atoms with van der Waals surface area (Å²) in [4.78, 5) is 58.6. The normalized spacial score (nSPS) is 19.9. The number of rotatable bonds is 5. The molecule has 42 heavy (non-hydrogen) atoms. The van der Waals surface area contributed by atoms with E-state index in [9.17, 15) is 32.3 Å². The van der Waals surface area contributed by atoms with Crippen molar-refractivity contribution in [2.75, 3.05) is 10.2 Å². The van der Waals surface area contributed by atoms with Gasteiger partial charge in [-0.25, -0.2) is 4.90 Å². The number of nitrogens with one attached hydrogen (secondary N) is 1. The zero-order chi connectivity index (χ0) is 29.8. The average molecular weight is 631 g/mol. The van der Waals surface area contributed by atoms with Crippen LogP contribution in [0, 0.1) is 5.92 Å². The van der Waals surface area contributed by atoms with Gasteiger partial charge in [-0.15, -0.1) is 0 Å². The summed E-state index contributed by atoms with van der Waals surface area (Å²) in [6.07, 6.45) is -1.62. The maximum Gasteiger partial charge on any atom is 0.416 e. The van der Waals surface area contributed by atoms with Crippen molar-refractivity contribution in [3.8, 4) is 0 Å². The summed E-state index contributed by atoms with van der Waals surface area (Å²) >= 11 is 7.72. The Bertz CT molecular complexity index is 1780. The second-order valence-corrected chi connectivity index (χ2v) is 12.1. The molecule has 0 spiro atoms. The number of thiazole rings is 1. The van der Waals surface area contributed by atoms with Crippen molar-refractivity contribution in [3.05, 3.63) is 104 Å². The number of thioether (sulfide) groups is 1. The highest BCUT2D eigenvalue weighted by atomic mass is 35.5. The molecule has 3 amide bonds. The minimum absolute atomic E-state index is 0.192. The van der Waals surface area contributed by atoms with Crippen LogP contribution in [0.15, 0.2) is 82.9 Å². The Labute approximate surface area is 249 Å². The molecule has 6 rings (SSSR count). The van der Waals surface area contributed by atoms with E-state index in [1.54, 1.807) is 36.4 Å². The number of hydrogen-bond acceptors (Lipinski definition) is 7. The molecular formula is C28H18ClF3N4O4S2. The third kappa shape index (κ3) is 5.01. The van der Waals surface area contributed by atoms with Gasteiger partial charge in [0.1, 0.15) is 11.8 Å². The van der Waals surface area contributed by atoms with E-state index in [-0.39, 0.29) is 12.2 Å². The zero-order valence-corrected chi connectivity index (χ0v) is 23.6. The van der Waals surface area contributed by atoms with Crippen LogP contribution in [-0.4, -0.2) is 32.5 Å². The SMILES string of the molecule is O=C(Cn1c2c(sc1=O)[C@@H](c1cccnc1)C1C(=O)N(c3cccc(C(F)(F)F)c3)C(=O)C1S2)Nc1ccc(Cl)cc1. The van der Waals surface area contributed by atoms with Crippen LogP contribution < -0.4 is 15.1 Å². The Balaban J connectivity index is 1.39. The fourth-order valence-electron chi connectivity index (χ4n) is 5.13. The molecule has 1 saturated heterocycles. The van der Waals surface area contributed by atoms with E-state index in [0.717, 1.165) is 46.2 Å². The highest BCUT2D eigenvalue weighted by Crippen LogP contribution is 2.54. The van der Waals surface area contributed by atoms with Gasteiger partial charge < -0.3 is 5.32 Å². The summed E-state index contributed by atoms with van der Waals surface area (Å²) in [5.41, 5.74) is -0.162. The van der Waals surface area contributed by atoms with Crippen molar-refractivity contribution in [1.82, 2.24) is 9.55 Å². The van der Waals surface area contributed by atoms with Gasteiger partial charge in [-0.05, 0) is 54.1 Å². The van der Waals surface area contributed by atoms with Gasteiger partial charge in [-0.3, -0.25) is 28.7 Å². The van der Waals surface area contributed by atoms with Gasteiger partial charge in [0.2, 0.25) is 17.7 Å². The first kappa shape index (κ1) is 28.2.